The van der Waals surface area contributed by atoms with Gasteiger partial charge in [-0.15, -0.1) is 11.8 Å². The van der Waals surface area contributed by atoms with Gasteiger partial charge in [-0.1, -0.05) is 18.2 Å². The van der Waals surface area contributed by atoms with Crippen molar-refractivity contribution in [2.75, 3.05) is 16.0 Å². The Morgan fingerprint density at radius 3 is 2.38 bits per heavy atom. The Balaban J connectivity index is 1.51. The minimum absolute atomic E-state index is 0.0840. The molecular formula is C22H16F2N2O2S. The highest BCUT2D eigenvalue weighted by molar-refractivity contribution is 8.00. The summed E-state index contributed by atoms with van der Waals surface area (Å²) in [6, 6.07) is 18.4. The second-order valence-corrected chi connectivity index (χ2v) is 7.56. The highest BCUT2D eigenvalue weighted by Crippen LogP contribution is 2.42. The molecule has 7 heteroatoms. The van der Waals surface area contributed by atoms with Crippen LogP contribution in [0, 0.1) is 11.6 Å². The maximum atomic E-state index is 13.6. The van der Waals surface area contributed by atoms with Crippen LogP contribution in [0.1, 0.15) is 21.3 Å². The highest BCUT2D eigenvalue weighted by Gasteiger charge is 2.34. The van der Waals surface area contributed by atoms with Crippen LogP contribution in [0.4, 0.5) is 20.2 Å². The van der Waals surface area contributed by atoms with E-state index in [1.165, 1.54) is 48.2 Å². The van der Waals surface area contributed by atoms with Gasteiger partial charge >= 0.3 is 0 Å². The fourth-order valence-electron chi connectivity index (χ4n) is 3.11. The second kappa shape index (κ2) is 8.05. The van der Waals surface area contributed by atoms with Gasteiger partial charge in [0.2, 0.25) is 5.91 Å². The largest absolute Gasteiger partial charge is 0.322 e. The molecule has 1 aliphatic heterocycles. The van der Waals surface area contributed by atoms with Crippen molar-refractivity contribution in [3.8, 4) is 0 Å². The Kier molecular flexibility index (Phi) is 5.31. The van der Waals surface area contributed by atoms with E-state index in [1.807, 2.05) is 12.1 Å². The number of hydrogen-bond acceptors (Lipinski definition) is 3. The number of hydrogen-bond donors (Lipinski definition) is 1. The van der Waals surface area contributed by atoms with E-state index in [2.05, 4.69) is 5.32 Å². The van der Waals surface area contributed by atoms with Crippen LogP contribution in [-0.4, -0.2) is 17.6 Å². The van der Waals surface area contributed by atoms with Crippen LogP contribution in [0.15, 0.2) is 72.8 Å². The minimum Gasteiger partial charge on any atom is -0.322 e. The molecule has 1 atom stereocenters. The van der Waals surface area contributed by atoms with Crippen LogP contribution >= 0.6 is 11.8 Å². The summed E-state index contributed by atoms with van der Waals surface area (Å²) in [6.45, 7) is 0. The first kappa shape index (κ1) is 19.1. The number of nitrogens with zero attached hydrogens (tertiary/aromatic N) is 1. The molecule has 1 aliphatic rings. The molecular weight excluding hydrogens is 394 g/mol. The third-order valence-electron chi connectivity index (χ3n) is 4.51. The Hall–Kier alpha value is -3.19. The number of amides is 2. The summed E-state index contributed by atoms with van der Waals surface area (Å²) in [7, 11) is 0. The summed E-state index contributed by atoms with van der Waals surface area (Å²) in [4.78, 5) is 26.2. The van der Waals surface area contributed by atoms with Gasteiger partial charge in [0.25, 0.3) is 5.91 Å². The van der Waals surface area contributed by atoms with Gasteiger partial charge in [0.1, 0.15) is 17.0 Å². The Morgan fingerprint density at radius 1 is 0.966 bits per heavy atom. The molecule has 1 fully saturated rings. The first-order valence-corrected chi connectivity index (χ1v) is 9.92. The molecule has 146 valence electrons. The van der Waals surface area contributed by atoms with Gasteiger partial charge in [0, 0.05) is 16.9 Å². The predicted molar refractivity (Wildman–Crippen MR) is 110 cm³/mol. The molecule has 0 aromatic heterocycles. The van der Waals surface area contributed by atoms with Crippen molar-refractivity contribution in [2.24, 2.45) is 0 Å². The van der Waals surface area contributed by atoms with Crippen molar-refractivity contribution >= 4 is 35.0 Å². The number of nitrogens with one attached hydrogen (secondary N) is 1. The fourth-order valence-corrected chi connectivity index (χ4v) is 4.29. The first-order valence-electron chi connectivity index (χ1n) is 8.87. The molecule has 1 N–H and O–H groups in total. The highest BCUT2D eigenvalue weighted by atomic mass is 32.2. The van der Waals surface area contributed by atoms with E-state index < -0.39 is 11.6 Å². The first-order chi connectivity index (χ1) is 14.0. The average Bonchev–Trinajstić information content (AvgIpc) is 3.10. The lowest BCUT2D eigenvalue weighted by molar-refractivity contribution is -0.115. The van der Waals surface area contributed by atoms with Gasteiger partial charge in [-0.3, -0.25) is 14.5 Å². The quantitative estimate of drug-likeness (QED) is 0.659. The van der Waals surface area contributed by atoms with E-state index in [0.29, 0.717) is 22.7 Å². The fraction of sp³-hybridized carbons (Fsp3) is 0.0909. The zero-order valence-corrected chi connectivity index (χ0v) is 16.0. The van der Waals surface area contributed by atoms with Crippen LogP contribution < -0.4 is 10.2 Å². The molecule has 0 unspecified atom stereocenters. The van der Waals surface area contributed by atoms with Gasteiger partial charge in [0.05, 0.1) is 5.75 Å². The normalized spacial score (nSPS) is 16.1. The second-order valence-electron chi connectivity index (χ2n) is 6.49. The van der Waals surface area contributed by atoms with Crippen LogP contribution in [0.25, 0.3) is 0 Å². The average molecular weight is 410 g/mol. The van der Waals surface area contributed by atoms with Crippen molar-refractivity contribution in [1.29, 1.82) is 0 Å². The number of thioether (sulfide) groups is 1. The van der Waals surface area contributed by atoms with Crippen molar-refractivity contribution < 1.29 is 18.4 Å². The minimum atomic E-state index is -0.405. The third kappa shape index (κ3) is 4.14. The molecule has 0 radical (unpaired) electrons. The van der Waals surface area contributed by atoms with Crippen LogP contribution in [-0.2, 0) is 4.79 Å². The maximum absolute atomic E-state index is 13.6. The van der Waals surface area contributed by atoms with Gasteiger partial charge in [-0.25, -0.2) is 8.78 Å². The van der Waals surface area contributed by atoms with E-state index in [-0.39, 0.29) is 17.2 Å². The van der Waals surface area contributed by atoms with Crippen LogP contribution in [0.5, 0.6) is 0 Å². The van der Waals surface area contributed by atoms with Gasteiger partial charge < -0.3 is 5.32 Å². The molecule has 1 saturated heterocycles. The summed E-state index contributed by atoms with van der Waals surface area (Å²) >= 11 is 1.46. The standard InChI is InChI=1S/C22H16F2N2O2S/c23-16-8-4-14(5-9-16)21(28)25-18-10-6-15(7-11-18)22-26(20(27)13-29-22)19-3-1-2-17(24)12-19/h1-12,22H,13H2,(H,25,28)/t22-/m1/s1. The smallest absolute Gasteiger partial charge is 0.255 e. The third-order valence-corrected chi connectivity index (χ3v) is 5.73. The number of halogens is 2. The molecule has 0 saturated carbocycles. The van der Waals surface area contributed by atoms with Crippen LogP contribution in [0.2, 0.25) is 0 Å². The zero-order valence-electron chi connectivity index (χ0n) is 15.1. The lowest BCUT2D eigenvalue weighted by Crippen LogP contribution is -2.27. The number of benzene rings is 3. The summed E-state index contributed by atoms with van der Waals surface area (Å²) in [5, 5.41) is 2.48. The molecule has 4 nitrogen and oxygen atoms in total. The summed E-state index contributed by atoms with van der Waals surface area (Å²) < 4.78 is 26.6. The number of carbonyl (C=O) groups excluding carboxylic acids is 2. The Bertz CT molecular complexity index is 1060. The predicted octanol–water partition coefficient (Wildman–Crippen LogP) is 5.00. The summed E-state index contributed by atoms with van der Waals surface area (Å²) in [5.74, 6) is -0.921. The number of rotatable bonds is 4. The number of anilines is 2. The molecule has 0 aliphatic carbocycles. The van der Waals surface area contributed by atoms with Gasteiger partial charge in [-0.2, -0.15) is 0 Å². The zero-order chi connectivity index (χ0) is 20.4. The molecule has 1 heterocycles. The van der Waals surface area contributed by atoms with Crippen LogP contribution in [0.3, 0.4) is 0 Å². The lowest BCUT2D eigenvalue weighted by Gasteiger charge is -2.24. The summed E-state index contributed by atoms with van der Waals surface area (Å²) in [5.41, 5.74) is 2.31. The van der Waals surface area contributed by atoms with Gasteiger partial charge in [-0.05, 0) is 60.2 Å². The van der Waals surface area contributed by atoms with E-state index >= 15 is 0 Å². The van der Waals surface area contributed by atoms with Crippen molar-refractivity contribution in [2.45, 2.75) is 5.37 Å². The van der Waals surface area contributed by atoms with Crippen molar-refractivity contribution in [3.05, 3.63) is 95.6 Å². The maximum Gasteiger partial charge on any atom is 0.255 e. The monoisotopic (exact) mass is 410 g/mol. The van der Waals surface area contributed by atoms with Gasteiger partial charge in [0.15, 0.2) is 0 Å². The molecule has 3 aromatic carbocycles. The lowest BCUT2D eigenvalue weighted by atomic mass is 10.1. The Labute approximate surface area is 170 Å². The van der Waals surface area contributed by atoms with Crippen molar-refractivity contribution in [3.63, 3.8) is 0 Å². The van der Waals surface area contributed by atoms with Crippen molar-refractivity contribution in [1.82, 2.24) is 0 Å². The molecule has 4 rings (SSSR count). The SMILES string of the molecule is O=C(Nc1ccc([C@H]2SCC(=O)N2c2cccc(F)c2)cc1)c1ccc(F)cc1. The van der Waals surface area contributed by atoms with E-state index in [0.717, 1.165) is 5.56 Å². The molecule has 2 amide bonds. The van der Waals surface area contributed by atoms with E-state index in [4.69, 9.17) is 0 Å². The van der Waals surface area contributed by atoms with E-state index in [9.17, 15) is 18.4 Å². The molecule has 0 spiro atoms. The Morgan fingerprint density at radius 2 is 1.69 bits per heavy atom. The molecule has 0 bridgehead atoms. The molecule has 29 heavy (non-hydrogen) atoms. The topological polar surface area (TPSA) is 49.4 Å². The van der Waals surface area contributed by atoms with E-state index in [1.54, 1.807) is 29.2 Å². The number of carbonyl (C=O) groups is 2. The summed E-state index contributed by atoms with van der Waals surface area (Å²) in [6.07, 6.45) is 0. The molecule has 3 aromatic rings.